The molecule has 0 radical (unpaired) electrons. The van der Waals surface area contributed by atoms with Gasteiger partial charge in [0.15, 0.2) is 0 Å². The van der Waals surface area contributed by atoms with Crippen LogP contribution in [0.3, 0.4) is 0 Å². The molecule has 0 fully saturated rings. The second-order valence-electron chi connectivity index (χ2n) is 5.45. The van der Waals surface area contributed by atoms with Crippen molar-refractivity contribution in [3.63, 3.8) is 0 Å². The van der Waals surface area contributed by atoms with Crippen molar-refractivity contribution in [2.24, 2.45) is 0 Å². The third-order valence-corrected chi connectivity index (χ3v) is 5.30. The van der Waals surface area contributed by atoms with Gasteiger partial charge < -0.3 is 9.84 Å². The summed E-state index contributed by atoms with van der Waals surface area (Å²) in [5.74, 6) is 0. The first-order valence-electron chi connectivity index (χ1n) is 7.09. The summed E-state index contributed by atoms with van der Waals surface area (Å²) in [6.07, 6.45) is 1.18. The number of benzene rings is 1. The lowest BCUT2D eigenvalue weighted by Crippen LogP contribution is -2.18. The van der Waals surface area contributed by atoms with E-state index in [1.165, 1.54) is 21.6 Å². The summed E-state index contributed by atoms with van der Waals surface area (Å²) in [4.78, 5) is 2.33. The molecule has 2 aromatic rings. The molecule has 0 saturated heterocycles. The second kappa shape index (κ2) is 5.68. The van der Waals surface area contributed by atoms with Crippen molar-refractivity contribution < 1.29 is 9.84 Å². The van der Waals surface area contributed by atoms with Crippen molar-refractivity contribution >= 4 is 11.3 Å². The Kier molecular flexibility index (Phi) is 3.92. The lowest BCUT2D eigenvalue weighted by molar-refractivity contribution is 0.00456. The minimum Gasteiger partial charge on any atom is -0.387 e. The molecule has 3 heteroatoms. The Morgan fingerprint density at radius 1 is 1.35 bits per heavy atom. The largest absolute Gasteiger partial charge is 0.387 e. The Balaban J connectivity index is 1.78. The molecule has 3 rings (SSSR count). The van der Waals surface area contributed by atoms with Gasteiger partial charge in [-0.1, -0.05) is 24.3 Å². The van der Waals surface area contributed by atoms with Crippen LogP contribution in [0.15, 0.2) is 30.3 Å². The average molecular weight is 288 g/mol. The van der Waals surface area contributed by atoms with Crippen molar-refractivity contribution in [2.45, 2.75) is 38.9 Å². The standard InChI is InChI=1S/C17H20O2S/c1-11-9-17(20-12(11)2)15(18)10-16-14-6-4-3-5-13(14)7-8-19-16/h3-6,9,15-16,18H,7-8,10H2,1-2H3. The predicted molar refractivity (Wildman–Crippen MR) is 82.2 cm³/mol. The van der Waals surface area contributed by atoms with E-state index >= 15 is 0 Å². The number of aliphatic hydroxyl groups is 1. The Morgan fingerprint density at radius 2 is 2.15 bits per heavy atom. The fourth-order valence-electron chi connectivity index (χ4n) is 2.76. The zero-order chi connectivity index (χ0) is 14.1. The Hall–Kier alpha value is -1.16. The molecule has 1 aromatic carbocycles. The van der Waals surface area contributed by atoms with E-state index in [1.807, 2.05) is 6.07 Å². The topological polar surface area (TPSA) is 29.5 Å². The van der Waals surface area contributed by atoms with E-state index in [1.54, 1.807) is 11.3 Å². The van der Waals surface area contributed by atoms with Crippen molar-refractivity contribution in [3.8, 4) is 0 Å². The van der Waals surface area contributed by atoms with E-state index in [0.29, 0.717) is 6.42 Å². The Labute approximate surface area is 124 Å². The van der Waals surface area contributed by atoms with E-state index in [2.05, 4.69) is 38.1 Å². The van der Waals surface area contributed by atoms with Crippen molar-refractivity contribution in [1.29, 1.82) is 0 Å². The third-order valence-electron chi connectivity index (χ3n) is 4.04. The van der Waals surface area contributed by atoms with Crippen LogP contribution in [0.1, 0.15) is 45.1 Å². The van der Waals surface area contributed by atoms with Gasteiger partial charge in [0.1, 0.15) is 0 Å². The normalized spacial score (nSPS) is 19.6. The van der Waals surface area contributed by atoms with Gasteiger partial charge in [0.05, 0.1) is 18.8 Å². The molecule has 1 aliphatic rings. The molecule has 0 aliphatic carbocycles. The van der Waals surface area contributed by atoms with Crippen LogP contribution >= 0.6 is 11.3 Å². The number of hydrogen-bond acceptors (Lipinski definition) is 3. The molecule has 20 heavy (non-hydrogen) atoms. The van der Waals surface area contributed by atoms with Crippen LogP contribution in [0.4, 0.5) is 0 Å². The van der Waals surface area contributed by atoms with Crippen molar-refractivity contribution in [1.82, 2.24) is 0 Å². The maximum atomic E-state index is 10.5. The second-order valence-corrected chi connectivity index (χ2v) is 6.74. The molecule has 2 atom stereocenters. The summed E-state index contributed by atoms with van der Waals surface area (Å²) >= 11 is 1.69. The molecule has 2 nitrogen and oxygen atoms in total. The highest BCUT2D eigenvalue weighted by Crippen LogP contribution is 2.36. The van der Waals surface area contributed by atoms with E-state index in [4.69, 9.17) is 4.74 Å². The average Bonchev–Trinajstić information content (AvgIpc) is 2.79. The molecule has 1 aliphatic heterocycles. The zero-order valence-electron chi connectivity index (χ0n) is 11.9. The number of aryl methyl sites for hydroxylation is 2. The summed E-state index contributed by atoms with van der Waals surface area (Å²) in [5, 5.41) is 10.5. The van der Waals surface area contributed by atoms with Gasteiger partial charge in [-0.25, -0.2) is 0 Å². The first-order chi connectivity index (χ1) is 9.65. The first kappa shape index (κ1) is 13.8. The lowest BCUT2D eigenvalue weighted by Gasteiger charge is -2.27. The van der Waals surface area contributed by atoms with Crippen LogP contribution in [0.5, 0.6) is 0 Å². The SMILES string of the molecule is Cc1cc(C(O)CC2OCCc3ccccc32)sc1C. The molecule has 1 N–H and O–H groups in total. The zero-order valence-corrected chi connectivity index (χ0v) is 12.7. The summed E-state index contributed by atoms with van der Waals surface area (Å²) in [5.41, 5.74) is 3.85. The van der Waals surface area contributed by atoms with Crippen molar-refractivity contribution in [2.75, 3.05) is 6.61 Å². The molecule has 0 amide bonds. The summed E-state index contributed by atoms with van der Waals surface area (Å²) in [7, 11) is 0. The predicted octanol–water partition coefficient (Wildman–Crippen LogP) is 4.10. The van der Waals surface area contributed by atoms with Gasteiger partial charge in [-0.3, -0.25) is 0 Å². The molecule has 2 unspecified atom stereocenters. The van der Waals surface area contributed by atoms with E-state index < -0.39 is 6.10 Å². The molecular weight excluding hydrogens is 268 g/mol. The molecule has 106 valence electrons. The minimum atomic E-state index is -0.441. The van der Waals surface area contributed by atoms with Gasteiger partial charge in [-0.05, 0) is 43.0 Å². The number of thiophene rings is 1. The smallest absolute Gasteiger partial charge is 0.0910 e. The van der Waals surface area contributed by atoms with Gasteiger partial charge in [0.2, 0.25) is 0 Å². The molecule has 0 spiro atoms. The molecule has 0 saturated carbocycles. The highest BCUT2D eigenvalue weighted by Gasteiger charge is 2.24. The van der Waals surface area contributed by atoms with Crippen LogP contribution in [0.2, 0.25) is 0 Å². The van der Waals surface area contributed by atoms with E-state index in [-0.39, 0.29) is 6.10 Å². The van der Waals surface area contributed by atoms with Gasteiger partial charge in [0.25, 0.3) is 0 Å². The van der Waals surface area contributed by atoms with Gasteiger partial charge >= 0.3 is 0 Å². The highest BCUT2D eigenvalue weighted by molar-refractivity contribution is 7.12. The Morgan fingerprint density at radius 3 is 2.90 bits per heavy atom. The third kappa shape index (κ3) is 2.66. The van der Waals surface area contributed by atoms with Gasteiger partial charge in [-0.15, -0.1) is 11.3 Å². The van der Waals surface area contributed by atoms with Crippen LogP contribution in [-0.2, 0) is 11.2 Å². The van der Waals surface area contributed by atoms with Gasteiger partial charge in [0, 0.05) is 16.2 Å². The first-order valence-corrected chi connectivity index (χ1v) is 7.91. The lowest BCUT2D eigenvalue weighted by atomic mass is 9.94. The quantitative estimate of drug-likeness (QED) is 0.921. The monoisotopic (exact) mass is 288 g/mol. The van der Waals surface area contributed by atoms with Crippen LogP contribution in [-0.4, -0.2) is 11.7 Å². The molecule has 2 heterocycles. The number of aliphatic hydroxyl groups excluding tert-OH is 1. The van der Waals surface area contributed by atoms with Crippen LogP contribution in [0.25, 0.3) is 0 Å². The fraction of sp³-hybridized carbons (Fsp3) is 0.412. The van der Waals surface area contributed by atoms with Crippen LogP contribution < -0.4 is 0 Å². The molecule has 0 bridgehead atoms. The number of hydrogen-bond donors (Lipinski definition) is 1. The van der Waals surface area contributed by atoms with E-state index in [9.17, 15) is 5.11 Å². The maximum Gasteiger partial charge on any atom is 0.0910 e. The minimum absolute atomic E-state index is 0.0117. The summed E-state index contributed by atoms with van der Waals surface area (Å²) in [6, 6.07) is 10.5. The number of ether oxygens (including phenoxy) is 1. The van der Waals surface area contributed by atoms with Crippen molar-refractivity contribution in [3.05, 3.63) is 56.8 Å². The van der Waals surface area contributed by atoms with Gasteiger partial charge in [-0.2, -0.15) is 0 Å². The Bertz CT molecular complexity index is 583. The molecule has 1 aromatic heterocycles. The summed E-state index contributed by atoms with van der Waals surface area (Å²) < 4.78 is 5.88. The highest BCUT2D eigenvalue weighted by atomic mass is 32.1. The number of rotatable bonds is 3. The molecular formula is C17H20O2S. The fourth-order valence-corrected chi connectivity index (χ4v) is 3.80. The number of fused-ring (bicyclic) bond motifs is 1. The summed E-state index contributed by atoms with van der Waals surface area (Å²) in [6.45, 7) is 4.94. The maximum absolute atomic E-state index is 10.5. The van der Waals surface area contributed by atoms with E-state index in [0.717, 1.165) is 17.9 Å². The van der Waals surface area contributed by atoms with Crippen LogP contribution in [0, 0.1) is 13.8 Å².